The van der Waals surface area contributed by atoms with E-state index in [1.807, 2.05) is 31.2 Å². The lowest BCUT2D eigenvalue weighted by Gasteiger charge is -2.21. The van der Waals surface area contributed by atoms with Crippen LogP contribution in [0.5, 0.6) is 11.5 Å². The number of carbonyl (C=O) groups excluding carboxylic acids is 1. The molecule has 0 spiro atoms. The molecule has 2 aliphatic rings. The van der Waals surface area contributed by atoms with Gasteiger partial charge in [0, 0.05) is 23.2 Å². The topological polar surface area (TPSA) is 113 Å². The summed E-state index contributed by atoms with van der Waals surface area (Å²) in [4.78, 5) is 17.5. The van der Waals surface area contributed by atoms with Gasteiger partial charge in [-0.25, -0.2) is 0 Å². The molecule has 8 nitrogen and oxygen atoms in total. The molecule has 174 valence electrons. The van der Waals surface area contributed by atoms with Crippen LogP contribution < -0.4 is 20.1 Å². The lowest BCUT2D eigenvalue weighted by atomic mass is 9.97. The van der Waals surface area contributed by atoms with E-state index >= 15 is 0 Å². The first kappa shape index (κ1) is 23.0. The molecule has 8 heteroatoms. The second-order valence-electron chi connectivity index (χ2n) is 8.31. The van der Waals surface area contributed by atoms with Gasteiger partial charge in [-0.15, -0.1) is 0 Å². The van der Waals surface area contributed by atoms with Crippen molar-refractivity contribution in [2.75, 3.05) is 20.2 Å². The van der Waals surface area contributed by atoms with Gasteiger partial charge in [0.05, 0.1) is 18.2 Å². The Kier molecular flexibility index (Phi) is 6.78. The number of ether oxygens (including phenoxy) is 2. The van der Waals surface area contributed by atoms with Gasteiger partial charge in [-0.3, -0.25) is 9.78 Å². The number of benzene rings is 2. The van der Waals surface area contributed by atoms with Crippen LogP contribution in [0.25, 0.3) is 10.9 Å². The lowest BCUT2D eigenvalue weighted by Crippen LogP contribution is -2.35. The van der Waals surface area contributed by atoms with Gasteiger partial charge in [0.2, 0.25) is 0 Å². The summed E-state index contributed by atoms with van der Waals surface area (Å²) in [6, 6.07) is 12.5. The van der Waals surface area contributed by atoms with Crippen molar-refractivity contribution in [3.63, 3.8) is 0 Å². The Balaban J connectivity index is 0.000000586. The monoisotopic (exact) mass is 451 g/mol. The lowest BCUT2D eigenvalue weighted by molar-refractivity contribution is -0.179. The molecule has 1 aliphatic carbocycles. The number of aliphatic hydroxyl groups excluding tert-OH is 1. The molecule has 1 aromatic heterocycles. The SMILES string of the molecule is C1CNC1.COc1cc(C2(NC(=O)c3cc(OC(O)O)ccc3C)CC2)c2cccnc2c1. The van der Waals surface area contributed by atoms with Crippen molar-refractivity contribution in [3.05, 3.63) is 65.4 Å². The van der Waals surface area contributed by atoms with E-state index in [0.717, 1.165) is 34.9 Å². The van der Waals surface area contributed by atoms with Crippen molar-refractivity contribution in [1.82, 2.24) is 15.6 Å². The van der Waals surface area contributed by atoms with Crippen molar-refractivity contribution in [3.8, 4) is 11.5 Å². The molecular weight excluding hydrogens is 422 g/mol. The quantitative estimate of drug-likeness (QED) is 0.426. The van der Waals surface area contributed by atoms with E-state index in [1.54, 1.807) is 25.4 Å². The normalized spacial score (nSPS) is 15.8. The van der Waals surface area contributed by atoms with Crippen LogP contribution in [0.15, 0.2) is 48.7 Å². The first-order valence-electron chi connectivity index (χ1n) is 11.0. The molecule has 0 unspecified atom stereocenters. The number of aryl methyl sites for hydroxylation is 1. The van der Waals surface area contributed by atoms with Crippen LogP contribution in [0, 0.1) is 6.92 Å². The highest BCUT2D eigenvalue weighted by atomic mass is 16.7. The first-order chi connectivity index (χ1) is 15.9. The number of rotatable bonds is 6. The fraction of sp³-hybridized carbons (Fsp3) is 0.360. The van der Waals surface area contributed by atoms with Crippen molar-refractivity contribution in [1.29, 1.82) is 0 Å². The molecule has 1 amide bonds. The maximum Gasteiger partial charge on any atom is 0.310 e. The zero-order valence-electron chi connectivity index (χ0n) is 18.8. The maximum atomic E-state index is 13.1. The third-order valence-corrected chi connectivity index (χ3v) is 5.95. The number of carbonyl (C=O) groups is 1. The molecule has 0 atom stereocenters. The number of amides is 1. The summed E-state index contributed by atoms with van der Waals surface area (Å²) in [7, 11) is 1.61. The van der Waals surface area contributed by atoms with Crippen molar-refractivity contribution < 1.29 is 24.5 Å². The minimum Gasteiger partial charge on any atom is -0.497 e. The van der Waals surface area contributed by atoms with E-state index in [-0.39, 0.29) is 11.7 Å². The highest BCUT2D eigenvalue weighted by molar-refractivity contribution is 5.97. The second kappa shape index (κ2) is 9.74. The highest BCUT2D eigenvalue weighted by Crippen LogP contribution is 2.49. The van der Waals surface area contributed by atoms with E-state index in [0.29, 0.717) is 11.3 Å². The summed E-state index contributed by atoms with van der Waals surface area (Å²) in [5.41, 5.74) is 2.47. The standard InChI is InChI=1S/C22H22N2O5.C3H7N/c1-13-5-6-14(29-21(26)27)10-17(13)20(25)24-22(7-8-22)18-11-15(28-2)12-19-16(18)4-3-9-23-19;1-2-4-3-1/h3-6,9-12,21,26-27H,7-8H2,1-2H3,(H,24,25);4H,1-3H2. The average Bonchev–Trinajstić information content (AvgIpc) is 3.53. The Morgan fingerprint density at radius 2 is 1.88 bits per heavy atom. The molecule has 33 heavy (non-hydrogen) atoms. The van der Waals surface area contributed by atoms with Crippen LogP contribution in [0.1, 0.15) is 40.7 Å². The fourth-order valence-electron chi connectivity index (χ4n) is 3.76. The second-order valence-corrected chi connectivity index (χ2v) is 8.31. The van der Waals surface area contributed by atoms with E-state index in [4.69, 9.17) is 19.7 Å². The molecule has 3 aromatic rings. The van der Waals surface area contributed by atoms with Crippen molar-refractivity contribution >= 4 is 16.8 Å². The van der Waals surface area contributed by atoms with Gasteiger partial charge in [0.15, 0.2) is 0 Å². The average molecular weight is 452 g/mol. The molecule has 1 saturated carbocycles. The largest absolute Gasteiger partial charge is 0.497 e. The number of nitrogens with one attached hydrogen (secondary N) is 2. The first-order valence-corrected chi connectivity index (χ1v) is 11.0. The molecule has 2 fully saturated rings. The van der Waals surface area contributed by atoms with E-state index < -0.39 is 12.0 Å². The highest BCUT2D eigenvalue weighted by Gasteiger charge is 2.47. The number of aromatic nitrogens is 1. The van der Waals surface area contributed by atoms with Crippen LogP contribution in [0.4, 0.5) is 0 Å². The minimum absolute atomic E-state index is 0.205. The summed E-state index contributed by atoms with van der Waals surface area (Å²) in [5, 5.41) is 25.3. The van der Waals surface area contributed by atoms with Gasteiger partial charge in [-0.05, 0) is 74.7 Å². The van der Waals surface area contributed by atoms with Crippen LogP contribution in [-0.4, -0.2) is 47.8 Å². The third-order valence-electron chi connectivity index (χ3n) is 5.95. The maximum absolute atomic E-state index is 13.1. The summed E-state index contributed by atoms with van der Waals surface area (Å²) in [5.74, 6) is 0.643. The molecule has 0 radical (unpaired) electrons. The molecule has 4 N–H and O–H groups in total. The Bertz CT molecular complexity index is 1140. The number of nitrogens with zero attached hydrogens (tertiary/aromatic N) is 1. The predicted octanol–water partition coefficient (Wildman–Crippen LogP) is 2.60. The fourth-order valence-corrected chi connectivity index (χ4v) is 3.76. The number of aliphatic hydroxyl groups is 2. The Labute approximate surface area is 192 Å². The summed E-state index contributed by atoms with van der Waals surface area (Å²) >= 11 is 0. The summed E-state index contributed by atoms with van der Waals surface area (Å²) in [6.45, 7) is 2.37. The molecule has 0 bridgehead atoms. The number of methoxy groups -OCH3 is 1. The zero-order valence-corrected chi connectivity index (χ0v) is 18.8. The minimum atomic E-state index is -1.95. The van der Waals surface area contributed by atoms with Crippen molar-refractivity contribution in [2.24, 2.45) is 0 Å². The summed E-state index contributed by atoms with van der Waals surface area (Å²) in [6.07, 6.45) is 4.73. The van der Waals surface area contributed by atoms with Gasteiger partial charge >= 0.3 is 6.48 Å². The molecule has 2 aromatic carbocycles. The van der Waals surface area contributed by atoms with Crippen molar-refractivity contribution in [2.45, 2.75) is 38.2 Å². The van der Waals surface area contributed by atoms with Crippen LogP contribution in [0.3, 0.4) is 0 Å². The molecule has 1 aliphatic heterocycles. The Morgan fingerprint density at radius 1 is 1.15 bits per heavy atom. The van der Waals surface area contributed by atoms with Gasteiger partial charge < -0.3 is 30.3 Å². The van der Waals surface area contributed by atoms with E-state index in [2.05, 4.69) is 15.6 Å². The smallest absolute Gasteiger partial charge is 0.310 e. The van der Waals surface area contributed by atoms with Gasteiger partial charge in [0.1, 0.15) is 11.5 Å². The number of hydrogen-bond acceptors (Lipinski definition) is 7. The van der Waals surface area contributed by atoms with Crippen LogP contribution >= 0.6 is 0 Å². The van der Waals surface area contributed by atoms with Crippen LogP contribution in [0.2, 0.25) is 0 Å². The number of fused-ring (bicyclic) bond motifs is 1. The molecule has 1 saturated heterocycles. The van der Waals surface area contributed by atoms with E-state index in [9.17, 15) is 4.79 Å². The summed E-state index contributed by atoms with van der Waals surface area (Å²) < 4.78 is 10.3. The van der Waals surface area contributed by atoms with Crippen LogP contribution in [-0.2, 0) is 5.54 Å². The zero-order chi connectivity index (χ0) is 23.4. The molecule has 5 rings (SSSR count). The number of pyridine rings is 1. The Morgan fingerprint density at radius 3 is 2.48 bits per heavy atom. The van der Waals surface area contributed by atoms with Gasteiger partial charge in [0.25, 0.3) is 5.91 Å². The van der Waals surface area contributed by atoms with E-state index in [1.165, 1.54) is 25.6 Å². The van der Waals surface area contributed by atoms with Gasteiger partial charge in [-0.1, -0.05) is 12.1 Å². The Hall–Kier alpha value is -3.20. The molecule has 2 heterocycles. The van der Waals surface area contributed by atoms with Gasteiger partial charge in [-0.2, -0.15) is 0 Å². The number of hydrogen-bond donors (Lipinski definition) is 4. The predicted molar refractivity (Wildman–Crippen MR) is 124 cm³/mol. The third kappa shape index (κ3) is 5.24. The molecular formula is C25H29N3O5.